The Balaban J connectivity index is 0.000000122. The highest BCUT2D eigenvalue weighted by Gasteiger charge is 2.22. The smallest absolute Gasteiger partial charge is 0.164 e. The summed E-state index contributed by atoms with van der Waals surface area (Å²) in [6.07, 6.45) is 0. The summed E-state index contributed by atoms with van der Waals surface area (Å²) in [6, 6.07) is 204. The van der Waals surface area contributed by atoms with Crippen molar-refractivity contribution < 1.29 is 0 Å². The molecule has 8 heteroatoms. The molecular weight excluding hydrogens is 1790 g/mol. The van der Waals surface area contributed by atoms with Crippen molar-refractivity contribution in [2.45, 2.75) is 0 Å². The van der Waals surface area contributed by atoms with E-state index >= 15 is 0 Å². The minimum atomic E-state index is 0.631. The molecule has 3 aromatic heterocycles. The average molecular weight is 1890 g/mol. The van der Waals surface area contributed by atoms with Gasteiger partial charge in [-0.05, 0) is 223 Å². The van der Waals surface area contributed by atoms with E-state index in [0.717, 1.165) is 139 Å². The van der Waals surface area contributed by atoms with Gasteiger partial charge >= 0.3 is 0 Å². The van der Waals surface area contributed by atoms with Gasteiger partial charge in [0.05, 0.1) is 11.4 Å². The Hall–Kier alpha value is -19.8. The number of fused-ring (bicyclic) bond motifs is 1. The van der Waals surface area contributed by atoms with Crippen molar-refractivity contribution in [2.75, 3.05) is 0 Å². The van der Waals surface area contributed by atoms with Crippen LogP contribution in [0.5, 0.6) is 0 Å². The van der Waals surface area contributed by atoms with Crippen molar-refractivity contribution in [1.82, 2.24) is 39.9 Å². The average Bonchev–Trinajstić information content (AvgIpc) is 0.789. The maximum Gasteiger partial charge on any atom is 0.164 e. The van der Waals surface area contributed by atoms with Gasteiger partial charge in [-0.3, -0.25) is 0 Å². The van der Waals surface area contributed by atoms with Crippen LogP contribution in [0, 0.1) is 0 Å². The van der Waals surface area contributed by atoms with E-state index in [1.165, 1.54) is 66.4 Å². The number of aromatic nitrogens is 8. The van der Waals surface area contributed by atoms with Gasteiger partial charge in [0.25, 0.3) is 0 Å². The molecule has 0 aliphatic heterocycles. The molecule has 0 saturated heterocycles. The third-order valence-electron chi connectivity index (χ3n) is 26.7. The maximum atomic E-state index is 5.16. The fourth-order valence-electron chi connectivity index (χ4n) is 19.1. The molecule has 8 nitrogen and oxygen atoms in total. The SMILES string of the molecule is c1ccc(-c2cc(-c3cccc(-c4ccc(-c5cccc6ccccc56)cc4)c3)cc(-c3nc(-c4ccccc4)nc(-c4ccccc4)n3)c2)cc1.c1ccc(-c2ccc(-c3cccc(-c4cc(-c5ccccc5)cc(-c5nc(-c6ccccc6)cc(-c6ccccc6)n5)c4)c3)cc2)cc1.c1ccc(-c2ccc(-c3cccc(-c4cc(-c5ccccc5)cc(-c5nc(-c6ccccc6)nc(-c6ccccc6)n5)c4)c3)cc2)cc1. The summed E-state index contributed by atoms with van der Waals surface area (Å²) in [5.74, 6) is 4.54. The van der Waals surface area contributed by atoms with Gasteiger partial charge in [-0.15, -0.1) is 0 Å². The van der Waals surface area contributed by atoms with Crippen molar-refractivity contribution >= 4 is 10.8 Å². The van der Waals surface area contributed by atoms with Crippen LogP contribution in [-0.4, -0.2) is 39.9 Å². The first-order valence-electron chi connectivity index (χ1n) is 49.9. The fraction of sp³-hybridized carbons (Fsp3) is 0. The predicted octanol–water partition coefficient (Wildman–Crippen LogP) is 36.4. The van der Waals surface area contributed by atoms with Gasteiger partial charge in [0.2, 0.25) is 0 Å². The Morgan fingerprint density at radius 3 is 0.527 bits per heavy atom. The summed E-state index contributed by atoms with van der Waals surface area (Å²) < 4.78 is 0. The Morgan fingerprint density at radius 2 is 0.250 bits per heavy atom. The first-order valence-corrected chi connectivity index (χ1v) is 49.9. The van der Waals surface area contributed by atoms with Crippen LogP contribution in [0.2, 0.25) is 0 Å². The fourth-order valence-corrected chi connectivity index (χ4v) is 19.1. The largest absolute Gasteiger partial charge is 0.228 e. The number of rotatable bonds is 21. The van der Waals surface area contributed by atoms with Crippen LogP contribution >= 0.6 is 0 Å². The topological polar surface area (TPSA) is 103 Å². The molecule has 25 aromatic rings. The summed E-state index contributed by atoms with van der Waals surface area (Å²) in [4.78, 5) is 40.4. The second-order valence-electron chi connectivity index (χ2n) is 36.5. The molecule has 148 heavy (non-hydrogen) atoms. The lowest BCUT2D eigenvalue weighted by atomic mass is 9.93. The highest BCUT2D eigenvalue weighted by atomic mass is 15.0. The molecule has 0 saturated carbocycles. The monoisotopic (exact) mass is 1890 g/mol. The molecule has 3 heterocycles. The van der Waals surface area contributed by atoms with E-state index in [9.17, 15) is 0 Å². The number of benzene rings is 22. The molecule has 0 atom stereocenters. The highest BCUT2D eigenvalue weighted by Crippen LogP contribution is 2.43. The minimum Gasteiger partial charge on any atom is -0.228 e. The lowest BCUT2D eigenvalue weighted by molar-refractivity contribution is 1.07. The quantitative estimate of drug-likeness (QED) is 0.0701. The Labute approximate surface area is 862 Å². The summed E-state index contributed by atoms with van der Waals surface area (Å²) in [5, 5.41) is 2.51. The number of hydrogen-bond donors (Lipinski definition) is 0. The van der Waals surface area contributed by atoms with E-state index in [1.54, 1.807) is 0 Å². The van der Waals surface area contributed by atoms with E-state index in [-0.39, 0.29) is 0 Å². The van der Waals surface area contributed by atoms with Crippen LogP contribution < -0.4 is 0 Å². The van der Waals surface area contributed by atoms with Gasteiger partial charge in [0, 0.05) is 50.1 Å². The van der Waals surface area contributed by atoms with Gasteiger partial charge in [0.1, 0.15) is 0 Å². The molecule has 0 bridgehead atoms. The molecule has 0 fully saturated rings. The number of hydrogen-bond acceptors (Lipinski definition) is 8. The molecular formula is C140H96N8. The zero-order chi connectivity index (χ0) is 98.9. The van der Waals surface area contributed by atoms with E-state index < -0.39 is 0 Å². The lowest BCUT2D eigenvalue weighted by Gasteiger charge is -2.14. The van der Waals surface area contributed by atoms with E-state index in [4.69, 9.17) is 39.9 Å². The van der Waals surface area contributed by atoms with Gasteiger partial charge in [0.15, 0.2) is 40.8 Å². The zero-order valence-electron chi connectivity index (χ0n) is 81.0. The van der Waals surface area contributed by atoms with Crippen molar-refractivity contribution in [1.29, 1.82) is 0 Å². The van der Waals surface area contributed by atoms with Crippen molar-refractivity contribution in [3.63, 3.8) is 0 Å². The van der Waals surface area contributed by atoms with E-state index in [1.807, 2.05) is 152 Å². The predicted molar refractivity (Wildman–Crippen MR) is 613 cm³/mol. The molecule has 0 amide bonds. The van der Waals surface area contributed by atoms with Crippen molar-refractivity contribution in [3.8, 4) is 236 Å². The summed E-state index contributed by atoms with van der Waals surface area (Å²) in [7, 11) is 0. The summed E-state index contributed by atoms with van der Waals surface area (Å²) >= 11 is 0. The van der Waals surface area contributed by atoms with Gasteiger partial charge < -0.3 is 0 Å². The zero-order valence-corrected chi connectivity index (χ0v) is 81.0. The van der Waals surface area contributed by atoms with Crippen LogP contribution in [0.15, 0.2) is 582 Å². The standard InChI is InChI=1S/C49H33N3.C46H32N2.C45H31N3/c1-4-14-34(15-5-1)42-31-43(33-44(32-42)49-51-47(38-17-6-2-7-18-38)50-48(52-49)39-19-8-3-9-20-39)41-23-12-22-40(30-41)35-26-28-37(29-27-35)46-25-13-21-36-16-10-11-24-45(36)46;1-5-14-33(15-6-1)35-24-26-36(27-25-35)39-22-13-23-40(28-39)42-29-41(34-16-7-2-8-17-34)30-43(31-42)46-47-44(37-18-9-3-10-19-37)32-45(48-46)38-20-11-4-12-21-38;1-5-14-32(15-6-1)34-24-26-35(27-25-34)38-22-13-23-39(28-38)41-29-40(33-16-7-2-8-17-33)30-42(31-41)45-47-43(36-18-9-3-10-19-36)46-44(48-45)37-20-11-4-12-21-37/h1-33H;1-32H;1-31H. The van der Waals surface area contributed by atoms with Crippen molar-refractivity contribution in [3.05, 3.63) is 582 Å². The molecule has 0 radical (unpaired) electrons. The second kappa shape index (κ2) is 43.3. The van der Waals surface area contributed by atoms with E-state index in [2.05, 4.69) is 431 Å². The van der Waals surface area contributed by atoms with Crippen LogP contribution in [0.25, 0.3) is 247 Å². The van der Waals surface area contributed by atoms with Crippen molar-refractivity contribution in [2.24, 2.45) is 0 Å². The van der Waals surface area contributed by atoms with Crippen LogP contribution in [0.3, 0.4) is 0 Å². The normalized spacial score (nSPS) is 11.0. The Kier molecular flexibility index (Phi) is 26.9. The summed E-state index contributed by atoms with van der Waals surface area (Å²) in [6.45, 7) is 0. The van der Waals surface area contributed by atoms with Crippen LogP contribution in [0.4, 0.5) is 0 Å². The van der Waals surface area contributed by atoms with Gasteiger partial charge in [-0.1, -0.05) is 504 Å². The molecule has 0 N–H and O–H groups in total. The Bertz CT molecular complexity index is 8390. The first-order chi connectivity index (χ1) is 73.3. The number of nitrogens with zero attached hydrogens (tertiary/aromatic N) is 8. The third kappa shape index (κ3) is 21.2. The Morgan fingerprint density at radius 1 is 0.0878 bits per heavy atom. The minimum absolute atomic E-state index is 0.631. The van der Waals surface area contributed by atoms with Crippen LogP contribution in [0.1, 0.15) is 0 Å². The summed E-state index contributed by atoms with van der Waals surface area (Å²) in [5.41, 5.74) is 38.3. The maximum absolute atomic E-state index is 5.16. The van der Waals surface area contributed by atoms with Crippen LogP contribution in [-0.2, 0) is 0 Å². The molecule has 22 aromatic carbocycles. The van der Waals surface area contributed by atoms with Gasteiger partial charge in [-0.25, -0.2) is 39.9 Å². The molecule has 0 aliphatic rings. The van der Waals surface area contributed by atoms with Gasteiger partial charge in [-0.2, -0.15) is 0 Å². The molecule has 0 spiro atoms. The lowest BCUT2D eigenvalue weighted by Crippen LogP contribution is -2.00. The molecule has 696 valence electrons. The highest BCUT2D eigenvalue weighted by molar-refractivity contribution is 5.97. The third-order valence-corrected chi connectivity index (χ3v) is 26.7. The first kappa shape index (κ1) is 91.9. The van der Waals surface area contributed by atoms with E-state index in [0.29, 0.717) is 40.8 Å². The second-order valence-corrected chi connectivity index (χ2v) is 36.5. The molecule has 0 unspecified atom stereocenters. The molecule has 25 rings (SSSR count). The molecule has 0 aliphatic carbocycles.